The van der Waals surface area contributed by atoms with Gasteiger partial charge < -0.3 is 5.11 Å². The summed E-state index contributed by atoms with van der Waals surface area (Å²) in [5.41, 5.74) is 0. The van der Waals surface area contributed by atoms with Gasteiger partial charge >= 0.3 is 5.97 Å². The van der Waals surface area contributed by atoms with E-state index in [1.807, 2.05) is 0 Å². The molecule has 1 aromatic rings. The first-order valence-corrected chi connectivity index (χ1v) is 6.66. The van der Waals surface area contributed by atoms with Crippen molar-refractivity contribution in [1.82, 2.24) is 9.29 Å². The summed E-state index contributed by atoms with van der Waals surface area (Å²) in [6, 6.07) is 2.22. The maximum Gasteiger partial charge on any atom is 0.318 e. The molecule has 0 spiro atoms. The highest BCUT2D eigenvalue weighted by Gasteiger charge is 2.29. The summed E-state index contributed by atoms with van der Waals surface area (Å²) in [4.78, 5) is 14.1. The van der Waals surface area contributed by atoms with Gasteiger partial charge in [0.05, 0.1) is 0 Å². The van der Waals surface area contributed by atoms with Gasteiger partial charge in [0.25, 0.3) is 10.0 Å². The number of nitrogens with zero attached hydrogens (tertiary/aromatic N) is 2. The molecule has 1 rings (SSSR count). The molecule has 0 atom stereocenters. The van der Waals surface area contributed by atoms with Crippen LogP contribution in [0.1, 0.15) is 13.3 Å². The molecule has 1 aromatic heterocycles. The lowest BCUT2D eigenvalue weighted by molar-refractivity contribution is -0.137. The van der Waals surface area contributed by atoms with E-state index in [9.17, 15) is 17.6 Å². The van der Waals surface area contributed by atoms with Crippen LogP contribution in [0, 0.1) is 5.82 Å². The van der Waals surface area contributed by atoms with Gasteiger partial charge in [-0.1, -0.05) is 6.92 Å². The van der Waals surface area contributed by atoms with Crippen LogP contribution in [0.25, 0.3) is 0 Å². The number of sulfonamides is 1. The Morgan fingerprint density at radius 2 is 2.22 bits per heavy atom. The van der Waals surface area contributed by atoms with Crippen molar-refractivity contribution in [2.45, 2.75) is 18.4 Å². The number of pyridine rings is 1. The molecule has 0 aliphatic carbocycles. The summed E-state index contributed by atoms with van der Waals surface area (Å²) in [5, 5.41) is 7.92. The van der Waals surface area contributed by atoms with Crippen LogP contribution in [0.3, 0.4) is 0 Å². The summed E-state index contributed by atoms with van der Waals surface area (Å²) < 4.78 is 38.2. The van der Waals surface area contributed by atoms with Crippen LogP contribution in [-0.2, 0) is 14.8 Å². The third kappa shape index (κ3) is 3.23. The number of hydrogen-bond acceptors (Lipinski definition) is 4. The van der Waals surface area contributed by atoms with Crippen molar-refractivity contribution in [3.8, 4) is 0 Å². The van der Waals surface area contributed by atoms with Gasteiger partial charge in [-0.25, -0.2) is 17.8 Å². The Morgan fingerprint density at radius 3 is 2.72 bits per heavy atom. The lowest BCUT2D eigenvalue weighted by Gasteiger charge is -2.18. The molecule has 0 saturated heterocycles. The fraction of sp³-hybridized carbons (Fsp3) is 0.400. The number of carboxylic acids is 1. The zero-order valence-electron chi connectivity index (χ0n) is 9.71. The minimum Gasteiger partial charge on any atom is -0.480 e. The number of hydrogen-bond donors (Lipinski definition) is 1. The van der Waals surface area contributed by atoms with E-state index >= 15 is 0 Å². The molecule has 0 radical (unpaired) electrons. The van der Waals surface area contributed by atoms with Crippen LogP contribution in [-0.4, -0.2) is 41.9 Å². The van der Waals surface area contributed by atoms with Gasteiger partial charge in [-0.2, -0.15) is 4.31 Å². The first kappa shape index (κ1) is 14.5. The Bertz CT molecular complexity index is 532. The van der Waals surface area contributed by atoms with Crippen molar-refractivity contribution in [2.75, 3.05) is 13.1 Å². The number of carboxylic acid groups (broad SMARTS) is 1. The zero-order valence-corrected chi connectivity index (χ0v) is 10.5. The highest BCUT2D eigenvalue weighted by Crippen LogP contribution is 2.16. The van der Waals surface area contributed by atoms with Crippen molar-refractivity contribution < 1.29 is 22.7 Å². The molecular formula is C10H13FN2O4S. The Labute approximate surface area is 104 Å². The summed E-state index contributed by atoms with van der Waals surface area (Å²) in [5.74, 6) is -2.30. The molecule has 0 saturated carbocycles. The molecule has 0 fully saturated rings. The standard InChI is InChI=1S/C10H13FN2O4S/c1-2-6-13(7-9(14)15)18(16,17)10-8(11)4-3-5-12-10/h3-5H,2,6-7H2,1H3,(H,14,15). The van der Waals surface area contributed by atoms with Crippen LogP contribution >= 0.6 is 0 Å². The van der Waals surface area contributed by atoms with Crippen molar-refractivity contribution in [3.63, 3.8) is 0 Å². The van der Waals surface area contributed by atoms with E-state index in [1.54, 1.807) is 6.92 Å². The third-order valence-electron chi connectivity index (χ3n) is 2.09. The topological polar surface area (TPSA) is 87.6 Å². The van der Waals surface area contributed by atoms with Crippen LogP contribution < -0.4 is 0 Å². The SMILES string of the molecule is CCCN(CC(=O)O)S(=O)(=O)c1ncccc1F. The van der Waals surface area contributed by atoms with Gasteiger partial charge in [-0.3, -0.25) is 4.79 Å². The van der Waals surface area contributed by atoms with Gasteiger partial charge in [0.2, 0.25) is 5.03 Å². The third-order valence-corrected chi connectivity index (χ3v) is 3.87. The molecule has 0 unspecified atom stereocenters. The average molecular weight is 276 g/mol. The maximum atomic E-state index is 13.4. The van der Waals surface area contributed by atoms with E-state index in [4.69, 9.17) is 5.11 Å². The first-order chi connectivity index (χ1) is 8.39. The van der Waals surface area contributed by atoms with Crippen LogP contribution in [0.2, 0.25) is 0 Å². The Morgan fingerprint density at radius 1 is 1.56 bits per heavy atom. The predicted molar refractivity (Wildman–Crippen MR) is 60.9 cm³/mol. The molecule has 6 nitrogen and oxygen atoms in total. The van der Waals surface area contributed by atoms with Crippen LogP contribution in [0.4, 0.5) is 4.39 Å². The second-order valence-electron chi connectivity index (χ2n) is 3.52. The highest BCUT2D eigenvalue weighted by atomic mass is 32.2. The maximum absolute atomic E-state index is 13.4. The van der Waals surface area contributed by atoms with Gasteiger partial charge in [0.15, 0.2) is 5.82 Å². The summed E-state index contributed by atoms with van der Waals surface area (Å²) in [6.45, 7) is 0.968. The van der Waals surface area contributed by atoms with Crippen molar-refractivity contribution >= 4 is 16.0 Å². The molecule has 0 aromatic carbocycles. The second-order valence-corrected chi connectivity index (χ2v) is 5.38. The lowest BCUT2D eigenvalue weighted by atomic mass is 10.5. The second kappa shape index (κ2) is 5.87. The van der Waals surface area contributed by atoms with Gasteiger partial charge in [-0.15, -0.1) is 0 Å². The molecule has 1 heterocycles. The highest BCUT2D eigenvalue weighted by molar-refractivity contribution is 7.89. The Balaban J connectivity index is 3.17. The molecule has 0 aliphatic rings. The van der Waals surface area contributed by atoms with E-state index in [2.05, 4.69) is 4.98 Å². The van der Waals surface area contributed by atoms with Crippen molar-refractivity contribution in [2.24, 2.45) is 0 Å². The largest absolute Gasteiger partial charge is 0.480 e. The molecular weight excluding hydrogens is 263 g/mol. The first-order valence-electron chi connectivity index (χ1n) is 5.22. The van der Waals surface area contributed by atoms with Gasteiger partial charge in [0.1, 0.15) is 6.54 Å². The molecule has 0 amide bonds. The van der Waals surface area contributed by atoms with E-state index in [0.29, 0.717) is 10.7 Å². The van der Waals surface area contributed by atoms with Gasteiger partial charge in [-0.05, 0) is 18.6 Å². The van der Waals surface area contributed by atoms with E-state index in [-0.39, 0.29) is 6.54 Å². The number of rotatable bonds is 6. The normalized spacial score (nSPS) is 11.7. The number of halogens is 1. The van der Waals surface area contributed by atoms with Crippen LogP contribution in [0.5, 0.6) is 0 Å². The smallest absolute Gasteiger partial charge is 0.318 e. The minimum atomic E-state index is -4.22. The number of aromatic nitrogens is 1. The quantitative estimate of drug-likeness (QED) is 0.826. The van der Waals surface area contributed by atoms with E-state index in [1.165, 1.54) is 6.07 Å². The van der Waals surface area contributed by atoms with E-state index < -0.39 is 33.4 Å². The predicted octanol–water partition coefficient (Wildman–Crippen LogP) is 0.706. The zero-order chi connectivity index (χ0) is 13.8. The summed E-state index contributed by atoms with van der Waals surface area (Å²) in [7, 11) is -4.22. The lowest BCUT2D eigenvalue weighted by Crippen LogP contribution is -2.37. The van der Waals surface area contributed by atoms with E-state index in [0.717, 1.165) is 12.3 Å². The summed E-state index contributed by atoms with van der Waals surface area (Å²) >= 11 is 0. The molecule has 18 heavy (non-hydrogen) atoms. The molecule has 0 bridgehead atoms. The monoisotopic (exact) mass is 276 g/mol. The molecule has 0 aliphatic heterocycles. The fourth-order valence-electron chi connectivity index (χ4n) is 1.37. The van der Waals surface area contributed by atoms with Gasteiger partial charge in [0, 0.05) is 12.7 Å². The van der Waals surface area contributed by atoms with Crippen molar-refractivity contribution in [3.05, 3.63) is 24.1 Å². The molecule has 100 valence electrons. The molecule has 8 heteroatoms. The van der Waals surface area contributed by atoms with Crippen LogP contribution in [0.15, 0.2) is 23.4 Å². The average Bonchev–Trinajstić information content (AvgIpc) is 2.28. The number of carbonyl (C=O) groups is 1. The summed E-state index contributed by atoms with van der Waals surface area (Å²) in [6.07, 6.45) is 1.56. The fourth-order valence-corrected chi connectivity index (χ4v) is 2.82. The Kier molecular flexibility index (Phi) is 4.74. The van der Waals surface area contributed by atoms with Crippen molar-refractivity contribution in [1.29, 1.82) is 0 Å². The molecule has 1 N–H and O–H groups in total. The number of aliphatic carboxylic acids is 1. The Hall–Kier alpha value is -1.54. The minimum absolute atomic E-state index is 0.00928.